The molecular weight excluding hydrogens is 584 g/mol. The molecule has 1 saturated heterocycles. The maximum atomic E-state index is 8.57. The number of aliphatic hydroxyl groups excluding tert-OH is 1. The van der Waals surface area contributed by atoms with Crippen molar-refractivity contribution in [1.82, 2.24) is 9.97 Å². The van der Waals surface area contributed by atoms with Crippen molar-refractivity contribution in [2.75, 3.05) is 18.6 Å². The summed E-state index contributed by atoms with van der Waals surface area (Å²) in [7, 11) is 0. The number of ether oxygens (including phenoxy) is 1. The summed E-state index contributed by atoms with van der Waals surface area (Å²) in [6, 6.07) is 1.61. The van der Waals surface area contributed by atoms with Crippen LogP contribution in [0.4, 0.5) is 5.95 Å². The van der Waals surface area contributed by atoms with Gasteiger partial charge in [-0.15, -0.1) is 5.10 Å². The second-order valence-electron chi connectivity index (χ2n) is 11.6. The largest absolute Gasteiger partial charge is 0.394 e. The molecule has 0 amide bonds. The van der Waals surface area contributed by atoms with Gasteiger partial charge in [-0.2, -0.15) is 10.2 Å². The molecule has 5 rings (SSSR count). The first-order valence-electron chi connectivity index (χ1n) is 16.9. The summed E-state index contributed by atoms with van der Waals surface area (Å²) in [5.74, 6) is 1.05. The third kappa shape index (κ3) is 34.0. The van der Waals surface area contributed by atoms with Crippen molar-refractivity contribution in [2.24, 2.45) is 44.0 Å². The SMILES string of the molecule is C=NN=C(C)N.C=NNc1ncc[nH]1.N=CN.NC1CCCCC1.NC1CCCCC1.NC1CCCCC1.OCC1CCCCO1. The van der Waals surface area contributed by atoms with Crippen molar-refractivity contribution in [2.45, 2.75) is 147 Å². The predicted molar refractivity (Wildman–Crippen MR) is 195 cm³/mol. The van der Waals surface area contributed by atoms with Gasteiger partial charge in [0.05, 0.1) is 19.0 Å². The van der Waals surface area contributed by atoms with Crippen molar-refractivity contribution < 1.29 is 9.84 Å². The molecule has 1 atom stereocenters. The predicted octanol–water partition coefficient (Wildman–Crippen LogP) is 4.35. The summed E-state index contributed by atoms with van der Waals surface area (Å²) >= 11 is 0. The van der Waals surface area contributed by atoms with Gasteiger partial charge in [-0.1, -0.05) is 57.8 Å². The lowest BCUT2D eigenvalue weighted by Gasteiger charge is -2.19. The van der Waals surface area contributed by atoms with Crippen LogP contribution in [-0.2, 0) is 4.74 Å². The zero-order valence-corrected chi connectivity index (χ0v) is 28.6. The van der Waals surface area contributed by atoms with Crippen LogP contribution in [0.3, 0.4) is 0 Å². The van der Waals surface area contributed by atoms with E-state index in [0.717, 1.165) is 25.8 Å². The van der Waals surface area contributed by atoms with E-state index in [1.165, 1.54) is 103 Å². The second kappa shape index (κ2) is 35.0. The van der Waals surface area contributed by atoms with Gasteiger partial charge in [0.2, 0.25) is 5.95 Å². The molecule has 2 heterocycles. The fourth-order valence-corrected chi connectivity index (χ4v) is 4.87. The third-order valence-electron chi connectivity index (χ3n) is 7.34. The number of H-pyrrole nitrogens is 1. The van der Waals surface area contributed by atoms with Crippen molar-refractivity contribution >= 4 is 31.6 Å². The van der Waals surface area contributed by atoms with Crippen LogP contribution in [0.1, 0.15) is 122 Å². The molecule has 0 aromatic carbocycles. The van der Waals surface area contributed by atoms with E-state index in [2.05, 4.69) is 49.9 Å². The molecule has 0 bridgehead atoms. The highest BCUT2D eigenvalue weighted by Crippen LogP contribution is 2.16. The molecule has 14 N–H and O–H groups in total. The number of hydrazone groups is 1. The molecule has 268 valence electrons. The number of aromatic nitrogens is 2. The van der Waals surface area contributed by atoms with Crippen LogP contribution in [-0.4, -0.2) is 78.1 Å². The Morgan fingerprint density at radius 2 is 1.35 bits per heavy atom. The van der Waals surface area contributed by atoms with Crippen molar-refractivity contribution in [3.8, 4) is 0 Å². The highest BCUT2D eigenvalue weighted by molar-refractivity contribution is 5.77. The number of rotatable bonds is 4. The number of nitrogens with zero attached hydrogens (tertiary/aromatic N) is 4. The minimum absolute atomic E-state index is 0.142. The zero-order valence-electron chi connectivity index (χ0n) is 28.6. The molecule has 4 fully saturated rings. The highest BCUT2D eigenvalue weighted by Gasteiger charge is 2.11. The Morgan fingerprint density at radius 3 is 1.54 bits per heavy atom. The van der Waals surface area contributed by atoms with Gasteiger partial charge >= 0.3 is 0 Å². The topological polar surface area (TPSA) is 261 Å². The van der Waals surface area contributed by atoms with Gasteiger partial charge in [-0.3, -0.25) is 5.41 Å². The van der Waals surface area contributed by atoms with Crippen LogP contribution < -0.4 is 34.1 Å². The summed E-state index contributed by atoms with van der Waals surface area (Å²) < 4.78 is 5.18. The summed E-state index contributed by atoms with van der Waals surface area (Å²) in [6.07, 6.45) is 27.6. The van der Waals surface area contributed by atoms with E-state index in [9.17, 15) is 0 Å². The molecule has 3 aliphatic carbocycles. The molecule has 3 saturated carbocycles. The van der Waals surface area contributed by atoms with E-state index in [1.807, 2.05) is 0 Å². The van der Waals surface area contributed by atoms with Crippen molar-refractivity contribution in [1.29, 1.82) is 5.41 Å². The Labute approximate surface area is 278 Å². The number of aliphatic hydroxyl groups is 1. The Kier molecular flexibility index (Phi) is 34.4. The van der Waals surface area contributed by atoms with Gasteiger partial charge in [0.1, 0.15) is 5.84 Å². The smallest absolute Gasteiger partial charge is 0.220 e. The molecule has 1 aromatic heterocycles. The Morgan fingerprint density at radius 1 is 0.913 bits per heavy atom. The van der Waals surface area contributed by atoms with Crippen molar-refractivity contribution in [3.63, 3.8) is 0 Å². The average Bonchev–Trinajstić information content (AvgIpc) is 3.58. The second-order valence-corrected chi connectivity index (χ2v) is 11.6. The monoisotopic (exact) mass is 653 g/mol. The van der Waals surface area contributed by atoms with E-state index in [-0.39, 0.29) is 12.7 Å². The van der Waals surface area contributed by atoms with Crippen LogP contribution in [0.15, 0.2) is 27.7 Å². The standard InChI is InChI=1S/3C6H13N.C6H12O2.C4H6N4.C3H7N3.CH4N2/c3*7-6-4-2-1-3-5-6;7-5-6-3-1-2-4-8-6;1-5-8-4-6-2-3-7-4;1-3(4)6-5-2;2-1-3/h3*6H,1-5,7H2;6-7H,1-5H2;2-3H,1H2,(H2,6,7,8);2H2,1H3,(H2,4,6);1H,(H3,2,3). The van der Waals surface area contributed by atoms with Crippen molar-refractivity contribution in [3.05, 3.63) is 12.4 Å². The van der Waals surface area contributed by atoms with E-state index < -0.39 is 0 Å². The average molecular weight is 653 g/mol. The molecule has 0 spiro atoms. The highest BCUT2D eigenvalue weighted by atomic mass is 16.5. The number of nitrogens with one attached hydrogen (secondary N) is 3. The molecule has 1 aliphatic heterocycles. The minimum atomic E-state index is 0.142. The van der Waals surface area contributed by atoms with Crippen LogP contribution in [0.25, 0.3) is 0 Å². The fourth-order valence-electron chi connectivity index (χ4n) is 4.87. The zero-order chi connectivity index (χ0) is 34.7. The lowest BCUT2D eigenvalue weighted by Crippen LogP contribution is -2.22. The van der Waals surface area contributed by atoms with E-state index in [0.29, 0.717) is 29.9 Å². The maximum absolute atomic E-state index is 8.57. The van der Waals surface area contributed by atoms with Crippen LogP contribution in [0.2, 0.25) is 0 Å². The van der Waals surface area contributed by atoms with Gasteiger partial charge in [-0.05, 0) is 64.7 Å². The normalized spacial score (nSPS) is 20.0. The fraction of sp³-hybridized carbons (Fsp3) is 0.781. The van der Waals surface area contributed by atoms with Crippen LogP contribution in [0.5, 0.6) is 0 Å². The Balaban J connectivity index is 0. The van der Waals surface area contributed by atoms with E-state index >= 15 is 0 Å². The summed E-state index contributed by atoms with van der Waals surface area (Å²) in [5, 5.41) is 24.3. The molecule has 46 heavy (non-hydrogen) atoms. The number of hydrogen-bond acceptors (Lipinski definition) is 11. The molecule has 14 nitrogen and oxygen atoms in total. The number of nitrogens with two attached hydrogens (primary N) is 5. The van der Waals surface area contributed by atoms with Crippen LogP contribution in [0, 0.1) is 5.41 Å². The summed E-state index contributed by atoms with van der Waals surface area (Å²) in [5.41, 5.74) is 28.8. The lowest BCUT2D eigenvalue weighted by molar-refractivity contribution is -0.0172. The number of anilines is 1. The first-order chi connectivity index (χ1) is 22.2. The Bertz CT molecular complexity index is 760. The first-order valence-corrected chi connectivity index (χ1v) is 16.9. The molecule has 14 heteroatoms. The van der Waals surface area contributed by atoms with Crippen LogP contribution >= 0.6 is 0 Å². The molecule has 1 unspecified atom stereocenters. The first kappa shape index (κ1) is 45.2. The Hall–Kier alpha value is -2.91. The third-order valence-corrected chi connectivity index (χ3v) is 7.34. The van der Waals surface area contributed by atoms with Gasteiger partial charge in [-0.25, -0.2) is 10.4 Å². The molecule has 1 aromatic rings. The number of imidazole rings is 1. The number of aromatic amines is 1. The number of amidine groups is 1. The van der Waals surface area contributed by atoms with Gasteiger partial charge in [0, 0.05) is 50.6 Å². The lowest BCUT2D eigenvalue weighted by atomic mass is 9.97. The summed E-state index contributed by atoms with van der Waals surface area (Å²) in [4.78, 5) is 6.59. The van der Waals surface area contributed by atoms with Gasteiger partial charge in [0.25, 0.3) is 0 Å². The molecular formula is C32H68N12O2. The number of hydrogen-bond donors (Lipinski definition) is 9. The van der Waals surface area contributed by atoms with E-state index in [4.69, 9.17) is 38.2 Å². The minimum Gasteiger partial charge on any atom is -0.394 e. The molecule has 0 radical (unpaired) electrons. The van der Waals surface area contributed by atoms with E-state index in [1.54, 1.807) is 19.3 Å². The maximum Gasteiger partial charge on any atom is 0.220 e. The van der Waals surface area contributed by atoms with Gasteiger partial charge < -0.3 is 43.5 Å². The summed E-state index contributed by atoms with van der Waals surface area (Å²) in [6.45, 7) is 8.98. The van der Waals surface area contributed by atoms with Gasteiger partial charge in [0.15, 0.2) is 0 Å². The molecule has 4 aliphatic rings. The quantitative estimate of drug-likeness (QED) is 0.127.